The molecule has 1 aromatic carbocycles. The topological polar surface area (TPSA) is 52.6 Å². The van der Waals surface area contributed by atoms with Gasteiger partial charge in [0.1, 0.15) is 0 Å². The van der Waals surface area contributed by atoms with Crippen LogP contribution in [0.15, 0.2) is 33.6 Å². The van der Waals surface area contributed by atoms with Gasteiger partial charge in [0, 0.05) is 37.7 Å². The second-order valence-corrected chi connectivity index (χ2v) is 7.52. The van der Waals surface area contributed by atoms with Gasteiger partial charge in [0.15, 0.2) is 5.11 Å². The molecule has 1 aromatic rings. The molecule has 8 heteroatoms. The molecule has 1 aliphatic rings. The summed E-state index contributed by atoms with van der Waals surface area (Å²) in [5, 5.41) is 3.57. The lowest BCUT2D eigenvalue weighted by Gasteiger charge is -2.35. The Morgan fingerprint density at radius 1 is 1.25 bits per heavy atom. The summed E-state index contributed by atoms with van der Waals surface area (Å²) in [7, 11) is -1.68. The van der Waals surface area contributed by atoms with E-state index in [0.717, 1.165) is 0 Å². The molecule has 0 aliphatic carbocycles. The summed E-state index contributed by atoms with van der Waals surface area (Å²) < 4.78 is 27.3. The molecule has 0 saturated carbocycles. The molecule has 0 unspecified atom stereocenters. The summed E-state index contributed by atoms with van der Waals surface area (Å²) in [5.74, 6) is 0. The SMILES string of the molecule is CNC(=S)N1CCN(S(=O)(=O)c2ccccc2Br)CC1. The number of hydrogen-bond donors (Lipinski definition) is 1. The number of sulfonamides is 1. The van der Waals surface area contributed by atoms with E-state index in [1.165, 1.54) is 4.31 Å². The van der Waals surface area contributed by atoms with E-state index in [2.05, 4.69) is 21.2 Å². The van der Waals surface area contributed by atoms with Crippen molar-refractivity contribution in [1.29, 1.82) is 0 Å². The first-order valence-corrected chi connectivity index (χ1v) is 8.82. The van der Waals surface area contributed by atoms with E-state index < -0.39 is 10.0 Å². The highest BCUT2D eigenvalue weighted by Crippen LogP contribution is 2.25. The standard InChI is InChI=1S/C12H16BrN3O2S2/c1-14-12(19)15-6-8-16(9-7-15)20(17,18)11-5-3-2-4-10(11)13/h2-5H,6-9H2,1H3,(H,14,19). The van der Waals surface area contributed by atoms with Crippen LogP contribution < -0.4 is 5.32 Å². The number of benzene rings is 1. The number of rotatable bonds is 2. The Labute approximate surface area is 133 Å². The zero-order chi connectivity index (χ0) is 14.8. The zero-order valence-electron chi connectivity index (χ0n) is 11.0. The number of nitrogens with zero attached hydrogens (tertiary/aromatic N) is 2. The second-order valence-electron chi connectivity index (χ2n) is 4.38. The first kappa shape index (κ1) is 15.7. The Kier molecular flexibility index (Phi) is 5.00. The maximum atomic E-state index is 12.6. The zero-order valence-corrected chi connectivity index (χ0v) is 14.3. The van der Waals surface area contributed by atoms with Crippen molar-refractivity contribution < 1.29 is 8.42 Å². The molecule has 110 valence electrons. The van der Waals surface area contributed by atoms with Gasteiger partial charge < -0.3 is 10.2 Å². The van der Waals surface area contributed by atoms with Gasteiger partial charge in [-0.15, -0.1) is 0 Å². The van der Waals surface area contributed by atoms with Crippen molar-refractivity contribution in [3.63, 3.8) is 0 Å². The van der Waals surface area contributed by atoms with Crippen LogP contribution in [-0.4, -0.2) is 56.0 Å². The third-order valence-electron chi connectivity index (χ3n) is 3.19. The Hall–Kier alpha value is -0.700. The number of piperazine rings is 1. The summed E-state index contributed by atoms with van der Waals surface area (Å²) in [6.45, 7) is 2.07. The van der Waals surface area contributed by atoms with Gasteiger partial charge >= 0.3 is 0 Å². The van der Waals surface area contributed by atoms with E-state index in [1.54, 1.807) is 31.3 Å². The van der Waals surface area contributed by atoms with E-state index in [0.29, 0.717) is 40.7 Å². The predicted molar refractivity (Wildman–Crippen MR) is 86.1 cm³/mol. The van der Waals surface area contributed by atoms with Crippen molar-refractivity contribution in [1.82, 2.24) is 14.5 Å². The monoisotopic (exact) mass is 377 g/mol. The molecule has 20 heavy (non-hydrogen) atoms. The average molecular weight is 378 g/mol. The highest BCUT2D eigenvalue weighted by atomic mass is 79.9. The Morgan fingerprint density at radius 3 is 2.40 bits per heavy atom. The molecule has 0 radical (unpaired) electrons. The lowest BCUT2D eigenvalue weighted by molar-refractivity contribution is 0.265. The minimum Gasteiger partial charge on any atom is -0.366 e. The smallest absolute Gasteiger partial charge is 0.244 e. The largest absolute Gasteiger partial charge is 0.366 e. The van der Waals surface area contributed by atoms with Crippen LogP contribution in [0.5, 0.6) is 0 Å². The Morgan fingerprint density at radius 2 is 1.85 bits per heavy atom. The van der Waals surface area contributed by atoms with Crippen LogP contribution in [-0.2, 0) is 10.0 Å². The van der Waals surface area contributed by atoms with E-state index in [-0.39, 0.29) is 0 Å². The number of halogens is 1. The Bertz CT molecular complexity index is 598. The maximum absolute atomic E-state index is 12.6. The summed E-state index contributed by atoms with van der Waals surface area (Å²) in [4.78, 5) is 2.28. The Balaban J connectivity index is 2.14. The van der Waals surface area contributed by atoms with Gasteiger partial charge in [-0.25, -0.2) is 8.42 Å². The number of nitrogens with one attached hydrogen (secondary N) is 1. The fourth-order valence-electron chi connectivity index (χ4n) is 2.08. The molecule has 0 bridgehead atoms. The lowest BCUT2D eigenvalue weighted by atomic mass is 10.4. The van der Waals surface area contributed by atoms with Crippen LogP contribution in [0.25, 0.3) is 0 Å². The fraction of sp³-hybridized carbons (Fsp3) is 0.417. The van der Waals surface area contributed by atoms with Gasteiger partial charge in [-0.2, -0.15) is 4.31 Å². The fourth-order valence-corrected chi connectivity index (χ4v) is 4.65. The summed E-state index contributed by atoms with van der Waals surface area (Å²) in [6, 6.07) is 6.87. The van der Waals surface area contributed by atoms with Gasteiger partial charge in [-0.1, -0.05) is 12.1 Å². The van der Waals surface area contributed by atoms with Crippen molar-refractivity contribution in [2.75, 3.05) is 33.2 Å². The highest BCUT2D eigenvalue weighted by molar-refractivity contribution is 9.10. The molecule has 0 amide bonds. The van der Waals surface area contributed by atoms with E-state index in [9.17, 15) is 8.42 Å². The molecular formula is C12H16BrN3O2S2. The molecule has 0 aromatic heterocycles. The first-order valence-electron chi connectivity index (χ1n) is 6.18. The molecule has 1 heterocycles. The summed E-state index contributed by atoms with van der Waals surface area (Å²) in [5.41, 5.74) is 0. The molecule has 1 saturated heterocycles. The van der Waals surface area contributed by atoms with Crippen LogP contribution >= 0.6 is 28.1 Å². The lowest BCUT2D eigenvalue weighted by Crippen LogP contribution is -2.52. The molecule has 1 fully saturated rings. The minimum absolute atomic E-state index is 0.310. The minimum atomic E-state index is -3.45. The molecule has 5 nitrogen and oxygen atoms in total. The third-order valence-corrected chi connectivity index (χ3v) is 6.57. The van der Waals surface area contributed by atoms with E-state index in [1.807, 2.05) is 4.90 Å². The number of thiocarbonyl (C=S) groups is 1. The molecule has 0 spiro atoms. The highest BCUT2D eigenvalue weighted by Gasteiger charge is 2.30. The molecule has 0 atom stereocenters. The number of hydrogen-bond acceptors (Lipinski definition) is 3. The first-order chi connectivity index (χ1) is 9.46. The van der Waals surface area contributed by atoms with Gasteiger partial charge in [0.2, 0.25) is 10.0 Å². The van der Waals surface area contributed by atoms with Crippen molar-refractivity contribution in [2.24, 2.45) is 0 Å². The quantitative estimate of drug-likeness (QED) is 0.786. The van der Waals surface area contributed by atoms with Gasteiger partial charge in [-0.05, 0) is 40.3 Å². The van der Waals surface area contributed by atoms with Crippen LogP contribution in [0.1, 0.15) is 0 Å². The molecule has 1 aliphatic heterocycles. The van der Waals surface area contributed by atoms with Crippen molar-refractivity contribution >= 4 is 43.3 Å². The maximum Gasteiger partial charge on any atom is 0.244 e. The van der Waals surface area contributed by atoms with Gasteiger partial charge in [0.25, 0.3) is 0 Å². The third kappa shape index (κ3) is 3.13. The van der Waals surface area contributed by atoms with E-state index in [4.69, 9.17) is 12.2 Å². The summed E-state index contributed by atoms with van der Waals surface area (Å²) in [6.07, 6.45) is 0. The van der Waals surface area contributed by atoms with E-state index >= 15 is 0 Å². The summed E-state index contributed by atoms with van der Waals surface area (Å²) >= 11 is 8.46. The van der Waals surface area contributed by atoms with Crippen LogP contribution in [0.2, 0.25) is 0 Å². The van der Waals surface area contributed by atoms with Crippen molar-refractivity contribution in [3.05, 3.63) is 28.7 Å². The van der Waals surface area contributed by atoms with Crippen LogP contribution in [0.3, 0.4) is 0 Å². The van der Waals surface area contributed by atoms with Crippen LogP contribution in [0, 0.1) is 0 Å². The van der Waals surface area contributed by atoms with Crippen molar-refractivity contribution in [3.8, 4) is 0 Å². The van der Waals surface area contributed by atoms with Gasteiger partial charge in [0.05, 0.1) is 4.90 Å². The van der Waals surface area contributed by atoms with Crippen LogP contribution in [0.4, 0.5) is 0 Å². The average Bonchev–Trinajstić information content (AvgIpc) is 2.47. The normalized spacial score (nSPS) is 17.0. The second kappa shape index (κ2) is 6.38. The predicted octanol–water partition coefficient (Wildman–Crippen LogP) is 1.26. The molecule has 2 rings (SSSR count). The molecular weight excluding hydrogens is 362 g/mol. The molecule has 1 N–H and O–H groups in total. The van der Waals surface area contributed by atoms with Crippen molar-refractivity contribution in [2.45, 2.75) is 4.90 Å². The van der Waals surface area contributed by atoms with Gasteiger partial charge in [-0.3, -0.25) is 0 Å².